The van der Waals surface area contributed by atoms with Crippen LogP contribution in [-0.4, -0.2) is 15.0 Å². The molecule has 0 aliphatic heterocycles. The van der Waals surface area contributed by atoms with Crippen LogP contribution < -0.4 is 0 Å². The molecule has 0 atom stereocenters. The molecule has 21 heavy (non-hydrogen) atoms. The lowest BCUT2D eigenvalue weighted by atomic mass is 10.1. The molecule has 2 aromatic heterocycles. The molecule has 0 bridgehead atoms. The van der Waals surface area contributed by atoms with Crippen molar-refractivity contribution in [3.05, 3.63) is 72.7 Å². The summed E-state index contributed by atoms with van der Waals surface area (Å²) in [5.41, 5.74) is 5.12. The molecule has 0 fully saturated rings. The molecular weight excluding hydrogens is 258 g/mol. The number of hydrogen-bond acceptors (Lipinski definition) is 2. The van der Waals surface area contributed by atoms with Crippen molar-refractivity contribution in [3.8, 4) is 11.5 Å². The monoisotopic (exact) mass is 275 g/mol. The van der Waals surface area contributed by atoms with E-state index in [1.54, 1.807) is 12.3 Å². The van der Waals surface area contributed by atoms with Gasteiger partial charge in [0.2, 0.25) is 0 Å². The zero-order chi connectivity index (χ0) is 14.7. The Kier molecular flexibility index (Phi) is 3.65. The maximum absolute atomic E-state index is 4.62. The first-order valence-corrected chi connectivity index (χ1v) is 6.99. The van der Waals surface area contributed by atoms with E-state index in [-0.39, 0.29) is 0 Å². The minimum absolute atomic E-state index is 0.815. The molecule has 0 radical (unpaired) electrons. The van der Waals surface area contributed by atoms with E-state index in [4.69, 9.17) is 0 Å². The number of rotatable bonds is 4. The van der Waals surface area contributed by atoms with Gasteiger partial charge in [-0.05, 0) is 42.2 Å². The number of nitrogens with one attached hydrogen (secondary N) is 1. The Balaban J connectivity index is 2.02. The van der Waals surface area contributed by atoms with Gasteiger partial charge in [-0.3, -0.25) is 4.98 Å². The van der Waals surface area contributed by atoms with Crippen molar-refractivity contribution in [2.45, 2.75) is 12.8 Å². The van der Waals surface area contributed by atoms with Crippen LogP contribution in [0.25, 0.3) is 23.2 Å². The molecule has 104 valence electrons. The lowest BCUT2D eigenvalue weighted by molar-refractivity contribution is 0.943. The fourth-order valence-corrected chi connectivity index (χ4v) is 2.44. The van der Waals surface area contributed by atoms with Crippen LogP contribution >= 0.6 is 0 Å². The van der Waals surface area contributed by atoms with Crippen molar-refractivity contribution in [2.24, 2.45) is 0 Å². The normalized spacial score (nSPS) is 13.8. The summed E-state index contributed by atoms with van der Waals surface area (Å²) in [6.45, 7) is 7.58. The highest BCUT2D eigenvalue weighted by molar-refractivity contribution is 5.76. The standard InChI is InChI=1S/C18H17N3/c1-3-7-13(4-2)14-10-11-19-17(12-14)18-20-15-8-5-6-9-16(15)21-18/h3-5,7-8,10-12H,1-2,6,9H2,(H,20,21)/b13-7+. The molecule has 3 heteroatoms. The molecule has 1 aliphatic carbocycles. The Bertz CT molecular complexity index is 748. The third-order valence-electron chi connectivity index (χ3n) is 3.50. The number of aryl methyl sites for hydroxylation is 1. The van der Waals surface area contributed by atoms with E-state index in [9.17, 15) is 0 Å². The molecule has 0 spiro atoms. The number of pyridine rings is 1. The van der Waals surface area contributed by atoms with Crippen molar-refractivity contribution < 1.29 is 0 Å². The summed E-state index contributed by atoms with van der Waals surface area (Å²) in [6.07, 6.45) is 13.6. The van der Waals surface area contributed by atoms with Crippen molar-refractivity contribution >= 4 is 11.6 Å². The Morgan fingerprint density at radius 1 is 1.33 bits per heavy atom. The maximum atomic E-state index is 4.62. The van der Waals surface area contributed by atoms with Crippen LogP contribution in [0.3, 0.4) is 0 Å². The van der Waals surface area contributed by atoms with Crippen LogP contribution in [0, 0.1) is 0 Å². The van der Waals surface area contributed by atoms with Crippen molar-refractivity contribution in [2.75, 3.05) is 0 Å². The van der Waals surface area contributed by atoms with Crippen molar-refractivity contribution in [1.82, 2.24) is 15.0 Å². The Labute approximate surface area is 124 Å². The van der Waals surface area contributed by atoms with E-state index in [2.05, 4.69) is 40.3 Å². The minimum Gasteiger partial charge on any atom is -0.340 e. The number of aromatic nitrogens is 3. The van der Waals surface area contributed by atoms with E-state index in [1.807, 2.05) is 24.3 Å². The summed E-state index contributed by atoms with van der Waals surface area (Å²) in [4.78, 5) is 12.4. The molecule has 1 aliphatic rings. The number of aromatic amines is 1. The molecule has 2 heterocycles. The highest BCUT2D eigenvalue weighted by Crippen LogP contribution is 2.24. The molecule has 0 aromatic carbocycles. The van der Waals surface area contributed by atoms with Gasteiger partial charge in [0.1, 0.15) is 5.69 Å². The largest absolute Gasteiger partial charge is 0.340 e. The number of hydrogen-bond donors (Lipinski definition) is 1. The second-order valence-corrected chi connectivity index (χ2v) is 4.88. The quantitative estimate of drug-likeness (QED) is 0.850. The van der Waals surface area contributed by atoms with Gasteiger partial charge in [-0.2, -0.15) is 0 Å². The minimum atomic E-state index is 0.815. The zero-order valence-electron chi connectivity index (χ0n) is 11.8. The van der Waals surface area contributed by atoms with Gasteiger partial charge in [0, 0.05) is 11.9 Å². The van der Waals surface area contributed by atoms with Crippen molar-refractivity contribution in [3.63, 3.8) is 0 Å². The fourth-order valence-electron chi connectivity index (χ4n) is 2.44. The maximum Gasteiger partial charge on any atom is 0.156 e. The predicted molar refractivity (Wildman–Crippen MR) is 87.5 cm³/mol. The van der Waals surface area contributed by atoms with Gasteiger partial charge in [0.15, 0.2) is 5.82 Å². The van der Waals surface area contributed by atoms with Gasteiger partial charge >= 0.3 is 0 Å². The number of imidazole rings is 1. The van der Waals surface area contributed by atoms with Gasteiger partial charge < -0.3 is 4.98 Å². The molecule has 0 amide bonds. The Morgan fingerprint density at radius 2 is 2.24 bits per heavy atom. The summed E-state index contributed by atoms with van der Waals surface area (Å²) in [7, 11) is 0. The summed E-state index contributed by atoms with van der Waals surface area (Å²) >= 11 is 0. The van der Waals surface area contributed by atoms with Gasteiger partial charge in [-0.1, -0.05) is 37.5 Å². The first-order valence-electron chi connectivity index (χ1n) is 6.99. The van der Waals surface area contributed by atoms with E-state index in [1.165, 1.54) is 5.69 Å². The number of H-pyrrole nitrogens is 1. The lowest BCUT2D eigenvalue weighted by Crippen LogP contribution is -1.91. The van der Waals surface area contributed by atoms with Crippen LogP contribution in [0.4, 0.5) is 0 Å². The number of nitrogens with zero attached hydrogens (tertiary/aromatic N) is 2. The van der Waals surface area contributed by atoms with Crippen molar-refractivity contribution in [1.29, 1.82) is 0 Å². The Hall–Kier alpha value is -2.68. The van der Waals surface area contributed by atoms with Gasteiger partial charge in [-0.15, -0.1) is 0 Å². The molecule has 0 saturated carbocycles. The predicted octanol–water partition coefficient (Wildman–Crippen LogP) is 4.19. The highest BCUT2D eigenvalue weighted by atomic mass is 15.0. The first-order chi connectivity index (χ1) is 10.3. The molecule has 1 N–H and O–H groups in total. The molecule has 0 saturated heterocycles. The van der Waals surface area contributed by atoms with E-state index < -0.39 is 0 Å². The molecule has 3 rings (SSSR count). The van der Waals surface area contributed by atoms with Crippen LogP contribution in [0.1, 0.15) is 23.4 Å². The van der Waals surface area contributed by atoms with E-state index in [0.717, 1.165) is 41.2 Å². The molecule has 3 nitrogen and oxygen atoms in total. The summed E-state index contributed by atoms with van der Waals surface area (Å²) in [5, 5.41) is 0. The average Bonchev–Trinajstić information content (AvgIpc) is 2.97. The smallest absolute Gasteiger partial charge is 0.156 e. The summed E-state index contributed by atoms with van der Waals surface area (Å²) in [6, 6.07) is 3.98. The molecular formula is C18H17N3. The SMILES string of the molecule is C=C/C=C(\C=C)c1ccnc(-c2nc3c([nH]2)CCC=C3)c1. The van der Waals surface area contributed by atoms with Crippen LogP contribution in [-0.2, 0) is 6.42 Å². The van der Waals surface area contributed by atoms with Gasteiger partial charge in [-0.25, -0.2) is 4.98 Å². The van der Waals surface area contributed by atoms with Crippen LogP contribution in [0.15, 0.2) is 55.8 Å². The summed E-state index contributed by atoms with van der Waals surface area (Å²) < 4.78 is 0. The van der Waals surface area contributed by atoms with E-state index >= 15 is 0 Å². The number of fused-ring (bicyclic) bond motifs is 1. The number of allylic oxidation sites excluding steroid dienone is 5. The summed E-state index contributed by atoms with van der Waals surface area (Å²) in [5.74, 6) is 0.815. The third kappa shape index (κ3) is 2.63. The van der Waals surface area contributed by atoms with Gasteiger partial charge in [0.25, 0.3) is 0 Å². The van der Waals surface area contributed by atoms with Crippen LogP contribution in [0.2, 0.25) is 0 Å². The molecule has 0 unspecified atom stereocenters. The van der Waals surface area contributed by atoms with Crippen LogP contribution in [0.5, 0.6) is 0 Å². The van der Waals surface area contributed by atoms with E-state index in [0.29, 0.717) is 0 Å². The Morgan fingerprint density at radius 3 is 3.00 bits per heavy atom. The third-order valence-corrected chi connectivity index (χ3v) is 3.50. The topological polar surface area (TPSA) is 41.6 Å². The first kappa shape index (κ1) is 13.3. The second-order valence-electron chi connectivity index (χ2n) is 4.88. The average molecular weight is 275 g/mol. The highest BCUT2D eigenvalue weighted by Gasteiger charge is 2.13. The zero-order valence-corrected chi connectivity index (χ0v) is 11.8. The molecule has 2 aromatic rings. The fraction of sp³-hybridized carbons (Fsp3) is 0.111. The second kappa shape index (κ2) is 5.75. The lowest BCUT2D eigenvalue weighted by Gasteiger charge is -2.03. The van der Waals surface area contributed by atoms with Gasteiger partial charge in [0.05, 0.1) is 5.69 Å².